The van der Waals surface area contributed by atoms with Gasteiger partial charge in [-0.2, -0.15) is 5.10 Å². The highest BCUT2D eigenvalue weighted by molar-refractivity contribution is 9.10. The second-order valence-electron chi connectivity index (χ2n) is 5.96. The first kappa shape index (κ1) is 16.9. The number of thiazole rings is 1. The molecule has 2 N–H and O–H groups in total. The minimum Gasteiger partial charge on any atom is -0.337 e. The van der Waals surface area contributed by atoms with Crippen LogP contribution in [0.15, 0.2) is 57.4 Å². The summed E-state index contributed by atoms with van der Waals surface area (Å²) in [6.07, 6.45) is 0. The third kappa shape index (κ3) is 3.54. The average Bonchev–Trinajstić information content (AvgIpc) is 3.27. The van der Waals surface area contributed by atoms with Crippen molar-refractivity contribution in [1.29, 1.82) is 0 Å². The average molecular weight is 426 g/mol. The van der Waals surface area contributed by atoms with Crippen molar-refractivity contribution < 1.29 is 0 Å². The number of fused-ring (bicyclic) bond motifs is 1. The molecule has 0 spiro atoms. The Bertz CT molecular complexity index is 1090. The molecule has 2 heterocycles. The molecule has 4 rings (SSSR count). The van der Waals surface area contributed by atoms with Crippen LogP contribution >= 0.6 is 27.3 Å². The molecule has 0 saturated heterocycles. The fourth-order valence-corrected chi connectivity index (χ4v) is 3.48. The number of nitrogens with one attached hydrogen (secondary N) is 2. The Balaban J connectivity index is 1.52. The van der Waals surface area contributed by atoms with Crippen LogP contribution in [0.5, 0.6) is 0 Å². The third-order valence-electron chi connectivity index (χ3n) is 3.94. The summed E-state index contributed by atoms with van der Waals surface area (Å²) in [4.78, 5) is 12.5. The summed E-state index contributed by atoms with van der Waals surface area (Å²) in [6, 6.07) is 14.2. The molecule has 0 aliphatic rings. The first-order chi connectivity index (χ1) is 12.6. The SMILES string of the molecule is C/C(=N\Nc1nc(-c2ccc(Br)cc2)cs1)c1nc2ccc(C)cc2[nH]1. The van der Waals surface area contributed by atoms with Crippen molar-refractivity contribution in [2.24, 2.45) is 5.10 Å². The van der Waals surface area contributed by atoms with E-state index in [0.29, 0.717) is 0 Å². The van der Waals surface area contributed by atoms with Gasteiger partial charge in [-0.05, 0) is 43.7 Å². The van der Waals surface area contributed by atoms with Crippen molar-refractivity contribution in [3.05, 3.63) is 63.7 Å². The molecule has 0 atom stereocenters. The van der Waals surface area contributed by atoms with Gasteiger partial charge >= 0.3 is 0 Å². The van der Waals surface area contributed by atoms with E-state index in [0.717, 1.165) is 43.4 Å². The molecule has 0 unspecified atom stereocenters. The lowest BCUT2D eigenvalue weighted by Gasteiger charge is -1.98. The molecule has 0 amide bonds. The first-order valence-corrected chi connectivity index (χ1v) is 9.74. The van der Waals surface area contributed by atoms with Gasteiger partial charge in [0.25, 0.3) is 0 Å². The number of halogens is 1. The van der Waals surface area contributed by atoms with Crippen LogP contribution in [0.1, 0.15) is 18.3 Å². The van der Waals surface area contributed by atoms with Crippen molar-refractivity contribution in [2.45, 2.75) is 13.8 Å². The van der Waals surface area contributed by atoms with Gasteiger partial charge < -0.3 is 4.98 Å². The monoisotopic (exact) mass is 425 g/mol. The van der Waals surface area contributed by atoms with Gasteiger partial charge in [-0.3, -0.25) is 5.43 Å². The van der Waals surface area contributed by atoms with E-state index in [2.05, 4.69) is 60.5 Å². The van der Waals surface area contributed by atoms with E-state index in [1.807, 2.05) is 42.6 Å². The highest BCUT2D eigenvalue weighted by Crippen LogP contribution is 2.26. The van der Waals surface area contributed by atoms with Gasteiger partial charge in [0, 0.05) is 15.4 Å². The molecule has 0 radical (unpaired) electrons. The Labute approximate surface area is 163 Å². The summed E-state index contributed by atoms with van der Waals surface area (Å²) >= 11 is 4.97. The molecular formula is C19H16BrN5S. The van der Waals surface area contributed by atoms with E-state index in [1.165, 1.54) is 16.9 Å². The van der Waals surface area contributed by atoms with Crippen LogP contribution < -0.4 is 5.43 Å². The summed E-state index contributed by atoms with van der Waals surface area (Å²) in [5, 5.41) is 7.18. The summed E-state index contributed by atoms with van der Waals surface area (Å²) in [6.45, 7) is 3.98. The van der Waals surface area contributed by atoms with Crippen molar-refractivity contribution >= 4 is 49.1 Å². The van der Waals surface area contributed by atoms with Gasteiger partial charge in [0.05, 0.1) is 16.7 Å². The number of anilines is 1. The Morgan fingerprint density at radius 2 is 1.96 bits per heavy atom. The molecule has 0 aliphatic heterocycles. The summed E-state index contributed by atoms with van der Waals surface area (Å²) in [5.74, 6) is 0.753. The van der Waals surface area contributed by atoms with Gasteiger partial charge in [0.1, 0.15) is 5.71 Å². The molecule has 130 valence electrons. The lowest BCUT2D eigenvalue weighted by atomic mass is 10.2. The minimum atomic E-state index is 0.745. The lowest BCUT2D eigenvalue weighted by molar-refractivity contribution is 1.22. The molecule has 0 bridgehead atoms. The third-order valence-corrected chi connectivity index (χ3v) is 5.22. The van der Waals surface area contributed by atoms with Crippen LogP contribution in [0.2, 0.25) is 0 Å². The van der Waals surface area contributed by atoms with Crippen molar-refractivity contribution in [3.8, 4) is 11.3 Å². The molecule has 26 heavy (non-hydrogen) atoms. The lowest BCUT2D eigenvalue weighted by Crippen LogP contribution is -2.01. The van der Waals surface area contributed by atoms with Gasteiger partial charge in [-0.25, -0.2) is 9.97 Å². The number of benzene rings is 2. The zero-order valence-electron chi connectivity index (χ0n) is 14.2. The number of hydrogen-bond donors (Lipinski definition) is 2. The van der Waals surface area contributed by atoms with Gasteiger partial charge in [0.15, 0.2) is 5.82 Å². The van der Waals surface area contributed by atoms with Crippen LogP contribution in [0.4, 0.5) is 5.13 Å². The molecule has 7 heteroatoms. The normalized spacial score (nSPS) is 11.9. The standard InChI is InChI=1S/C19H16BrN5S/c1-11-3-8-15-16(9-11)22-18(21-15)12(2)24-25-19-23-17(10-26-19)13-4-6-14(20)7-5-13/h3-10H,1-2H3,(H,21,22)(H,23,25)/b24-12+. The maximum absolute atomic E-state index is 4.58. The molecule has 2 aromatic carbocycles. The maximum Gasteiger partial charge on any atom is 0.203 e. The van der Waals surface area contributed by atoms with Gasteiger partial charge in [-0.15, -0.1) is 11.3 Å². The minimum absolute atomic E-state index is 0.745. The van der Waals surface area contributed by atoms with Crippen LogP contribution in [0.25, 0.3) is 22.3 Å². The second-order valence-corrected chi connectivity index (χ2v) is 7.73. The molecule has 2 aromatic heterocycles. The smallest absolute Gasteiger partial charge is 0.203 e. The van der Waals surface area contributed by atoms with Crippen molar-refractivity contribution in [1.82, 2.24) is 15.0 Å². The maximum atomic E-state index is 4.58. The number of aryl methyl sites for hydroxylation is 1. The van der Waals surface area contributed by atoms with E-state index in [9.17, 15) is 0 Å². The number of rotatable bonds is 4. The molecule has 4 aromatic rings. The van der Waals surface area contributed by atoms with E-state index < -0.39 is 0 Å². The topological polar surface area (TPSA) is 66.0 Å². The van der Waals surface area contributed by atoms with Crippen molar-refractivity contribution in [3.63, 3.8) is 0 Å². The summed E-state index contributed by atoms with van der Waals surface area (Å²) in [7, 11) is 0. The largest absolute Gasteiger partial charge is 0.337 e. The fourth-order valence-electron chi connectivity index (χ4n) is 2.56. The summed E-state index contributed by atoms with van der Waals surface area (Å²) in [5.41, 5.74) is 8.96. The molecule has 0 saturated carbocycles. The molecule has 5 nitrogen and oxygen atoms in total. The number of aromatic amines is 1. The quantitative estimate of drug-likeness (QED) is 0.330. The highest BCUT2D eigenvalue weighted by Gasteiger charge is 2.07. The predicted octanol–water partition coefficient (Wildman–Crippen LogP) is 5.59. The van der Waals surface area contributed by atoms with Crippen molar-refractivity contribution in [2.75, 3.05) is 5.43 Å². The zero-order valence-corrected chi connectivity index (χ0v) is 16.6. The number of aromatic nitrogens is 3. The number of hydrazone groups is 1. The number of hydrogen-bond acceptors (Lipinski definition) is 5. The van der Waals surface area contributed by atoms with Crippen LogP contribution in [-0.2, 0) is 0 Å². The Kier molecular flexibility index (Phi) is 4.57. The number of imidazole rings is 1. The predicted molar refractivity (Wildman–Crippen MR) is 112 cm³/mol. The van der Waals surface area contributed by atoms with E-state index in [-0.39, 0.29) is 0 Å². The van der Waals surface area contributed by atoms with Crippen LogP contribution in [0.3, 0.4) is 0 Å². The Hall–Kier alpha value is -2.51. The van der Waals surface area contributed by atoms with E-state index in [4.69, 9.17) is 0 Å². The van der Waals surface area contributed by atoms with Crippen LogP contribution in [-0.4, -0.2) is 20.7 Å². The van der Waals surface area contributed by atoms with E-state index >= 15 is 0 Å². The molecular weight excluding hydrogens is 410 g/mol. The fraction of sp³-hybridized carbons (Fsp3) is 0.105. The second kappa shape index (κ2) is 7.01. The number of nitrogens with zero attached hydrogens (tertiary/aromatic N) is 3. The zero-order chi connectivity index (χ0) is 18.1. The van der Waals surface area contributed by atoms with Gasteiger partial charge in [-0.1, -0.05) is 34.1 Å². The van der Waals surface area contributed by atoms with Gasteiger partial charge in [0.2, 0.25) is 5.13 Å². The first-order valence-electron chi connectivity index (χ1n) is 8.07. The molecule has 0 fully saturated rings. The highest BCUT2D eigenvalue weighted by atomic mass is 79.9. The van der Waals surface area contributed by atoms with Crippen LogP contribution in [0, 0.1) is 6.92 Å². The number of H-pyrrole nitrogens is 1. The van der Waals surface area contributed by atoms with E-state index in [1.54, 1.807) is 0 Å². The Morgan fingerprint density at radius 1 is 1.15 bits per heavy atom. The Morgan fingerprint density at radius 3 is 2.77 bits per heavy atom. The molecule has 0 aliphatic carbocycles. The summed E-state index contributed by atoms with van der Waals surface area (Å²) < 4.78 is 1.05.